The second-order valence-corrected chi connectivity index (χ2v) is 0.894. The third-order valence-electron chi connectivity index (χ3n) is 0. The van der Waals surface area contributed by atoms with Crippen molar-refractivity contribution in [1.29, 1.82) is 0 Å². The maximum atomic E-state index is 8.93. The fourth-order valence-corrected chi connectivity index (χ4v) is 0. The average Bonchev–Trinajstić information content (AvgIpc) is 1.70. The maximum Gasteiger partial charge on any atom is 2.00 e. The topological polar surface area (TPSA) is 66.3 Å². The standard InChI is InChI=1S/C2H6O.2C2H5O.Mg/c3*1-2-3;/h3H,2H2,1H3;2*2H2,1H3;/q;2*-1;+2. The van der Waals surface area contributed by atoms with Crippen LogP contribution >= 0.6 is 0 Å². The minimum Gasteiger partial charge on any atom is -0.855 e. The van der Waals surface area contributed by atoms with Gasteiger partial charge in [0.25, 0.3) is 0 Å². The smallest absolute Gasteiger partial charge is 0.855 e. The van der Waals surface area contributed by atoms with E-state index in [1.54, 1.807) is 20.8 Å². The minimum absolute atomic E-state index is 0. The van der Waals surface area contributed by atoms with Crippen LogP contribution in [0.4, 0.5) is 0 Å². The molecule has 0 aromatic rings. The zero-order chi connectivity index (χ0) is 8.12. The summed E-state index contributed by atoms with van der Waals surface area (Å²) in [5, 5.41) is 25.4. The van der Waals surface area contributed by atoms with Crippen molar-refractivity contribution in [3.63, 3.8) is 0 Å². The van der Waals surface area contributed by atoms with Crippen LogP contribution in [0.1, 0.15) is 20.8 Å². The summed E-state index contributed by atoms with van der Waals surface area (Å²) in [7, 11) is 0. The van der Waals surface area contributed by atoms with Gasteiger partial charge in [-0.3, -0.25) is 0 Å². The van der Waals surface area contributed by atoms with Gasteiger partial charge in [0.05, 0.1) is 0 Å². The summed E-state index contributed by atoms with van der Waals surface area (Å²) in [4.78, 5) is 0. The monoisotopic (exact) mass is 160 g/mol. The Morgan fingerprint density at radius 2 is 1.00 bits per heavy atom. The summed E-state index contributed by atoms with van der Waals surface area (Å²) < 4.78 is 0. The van der Waals surface area contributed by atoms with Crippen LogP contribution in [0.3, 0.4) is 0 Å². The molecule has 0 amide bonds. The van der Waals surface area contributed by atoms with Gasteiger partial charge in [-0.25, -0.2) is 0 Å². The van der Waals surface area contributed by atoms with Crippen molar-refractivity contribution in [1.82, 2.24) is 0 Å². The van der Waals surface area contributed by atoms with Crippen LogP contribution in [0.25, 0.3) is 0 Å². The van der Waals surface area contributed by atoms with Gasteiger partial charge >= 0.3 is 23.1 Å². The van der Waals surface area contributed by atoms with Crippen molar-refractivity contribution in [3.8, 4) is 0 Å². The first-order valence-electron chi connectivity index (χ1n) is 3.01. The zero-order valence-corrected chi connectivity index (χ0v) is 8.51. The Labute approximate surface area is 79.2 Å². The second kappa shape index (κ2) is 54.2. The van der Waals surface area contributed by atoms with E-state index in [1.807, 2.05) is 0 Å². The predicted octanol–water partition coefficient (Wildman–Crippen LogP) is -1.65. The predicted molar refractivity (Wildman–Crippen MR) is 39.6 cm³/mol. The Morgan fingerprint density at radius 1 is 1.00 bits per heavy atom. The quantitative estimate of drug-likeness (QED) is 0.432. The van der Waals surface area contributed by atoms with Gasteiger partial charge in [-0.15, -0.1) is 13.2 Å². The van der Waals surface area contributed by atoms with Gasteiger partial charge < -0.3 is 15.3 Å². The number of rotatable bonds is 0. The average molecular weight is 160 g/mol. The summed E-state index contributed by atoms with van der Waals surface area (Å²) >= 11 is 0. The molecule has 10 heavy (non-hydrogen) atoms. The fraction of sp³-hybridized carbons (Fsp3) is 1.00. The Morgan fingerprint density at radius 3 is 1.00 bits per heavy atom. The van der Waals surface area contributed by atoms with E-state index in [-0.39, 0.29) is 42.9 Å². The molecule has 0 unspecified atom stereocenters. The van der Waals surface area contributed by atoms with Gasteiger partial charge in [-0.05, 0) is 6.92 Å². The SMILES string of the molecule is CCO.CC[O-].CC[O-].[Mg+2]. The Bertz CT molecular complexity index is 17.7. The molecule has 0 aromatic carbocycles. The summed E-state index contributed by atoms with van der Waals surface area (Å²) in [6, 6.07) is 0. The molecule has 0 aromatic heterocycles. The summed E-state index contributed by atoms with van der Waals surface area (Å²) in [6.07, 6.45) is 0. The molecule has 3 nitrogen and oxygen atoms in total. The molecule has 0 aliphatic heterocycles. The molecule has 0 rings (SSSR count). The molecule has 0 atom stereocenters. The van der Waals surface area contributed by atoms with E-state index in [4.69, 9.17) is 15.3 Å². The van der Waals surface area contributed by atoms with Crippen LogP contribution in [0.15, 0.2) is 0 Å². The molecule has 0 radical (unpaired) electrons. The van der Waals surface area contributed by atoms with Crippen molar-refractivity contribution in [2.75, 3.05) is 19.8 Å². The molecular formula is C6H16MgO3. The van der Waals surface area contributed by atoms with E-state index in [1.165, 1.54) is 0 Å². The number of aliphatic hydroxyl groups excluding tert-OH is 1. The van der Waals surface area contributed by atoms with Gasteiger partial charge in [0, 0.05) is 6.61 Å². The molecule has 0 fully saturated rings. The molecular weight excluding hydrogens is 144 g/mol. The Hall–Kier alpha value is 0.646. The van der Waals surface area contributed by atoms with E-state index >= 15 is 0 Å². The van der Waals surface area contributed by atoms with Crippen molar-refractivity contribution >= 4 is 23.1 Å². The molecule has 0 saturated carbocycles. The van der Waals surface area contributed by atoms with Crippen LogP contribution in [0.5, 0.6) is 0 Å². The van der Waals surface area contributed by atoms with E-state index < -0.39 is 0 Å². The zero-order valence-electron chi connectivity index (χ0n) is 7.09. The van der Waals surface area contributed by atoms with Crippen LogP contribution in [-0.4, -0.2) is 48.0 Å². The molecule has 4 heteroatoms. The first-order valence-corrected chi connectivity index (χ1v) is 3.01. The molecule has 0 aliphatic rings. The van der Waals surface area contributed by atoms with Crippen molar-refractivity contribution in [3.05, 3.63) is 0 Å². The third kappa shape index (κ3) is 1210. The third-order valence-corrected chi connectivity index (χ3v) is 0. The summed E-state index contributed by atoms with van der Waals surface area (Å²) in [6.45, 7) is 5.07. The van der Waals surface area contributed by atoms with Crippen molar-refractivity contribution in [2.45, 2.75) is 20.8 Å². The van der Waals surface area contributed by atoms with Gasteiger partial charge in [0.1, 0.15) is 0 Å². The van der Waals surface area contributed by atoms with E-state index in [2.05, 4.69) is 0 Å². The van der Waals surface area contributed by atoms with Crippen LogP contribution in [-0.2, 0) is 0 Å². The maximum absolute atomic E-state index is 8.93. The van der Waals surface area contributed by atoms with Crippen LogP contribution in [0.2, 0.25) is 0 Å². The number of aliphatic hydroxyl groups is 1. The minimum atomic E-state index is 0. The Balaban J connectivity index is -0.0000000257. The van der Waals surface area contributed by atoms with E-state index in [9.17, 15) is 0 Å². The molecule has 0 spiro atoms. The van der Waals surface area contributed by atoms with Gasteiger partial charge in [-0.2, -0.15) is 0 Å². The first-order chi connectivity index (χ1) is 4.24. The molecule has 0 bridgehead atoms. The van der Waals surface area contributed by atoms with Gasteiger partial charge in [0.2, 0.25) is 0 Å². The van der Waals surface area contributed by atoms with Crippen molar-refractivity contribution in [2.24, 2.45) is 0 Å². The first kappa shape index (κ1) is 22.4. The molecule has 0 saturated heterocycles. The number of hydrogen-bond acceptors (Lipinski definition) is 3. The Kier molecular flexibility index (Phi) is 122. The van der Waals surface area contributed by atoms with E-state index in [0.29, 0.717) is 0 Å². The largest absolute Gasteiger partial charge is 2.00 e. The molecule has 1 N–H and O–H groups in total. The van der Waals surface area contributed by atoms with Gasteiger partial charge in [0.15, 0.2) is 0 Å². The summed E-state index contributed by atoms with van der Waals surface area (Å²) in [5.74, 6) is 0. The normalized spacial score (nSPS) is 5.40. The van der Waals surface area contributed by atoms with E-state index in [0.717, 1.165) is 0 Å². The second-order valence-electron chi connectivity index (χ2n) is 0.894. The summed E-state index contributed by atoms with van der Waals surface area (Å²) in [5.41, 5.74) is 0. The molecule has 0 aliphatic carbocycles. The van der Waals surface area contributed by atoms with Crippen LogP contribution < -0.4 is 10.2 Å². The van der Waals surface area contributed by atoms with Gasteiger partial charge in [-0.1, -0.05) is 13.8 Å². The molecule has 60 valence electrons. The van der Waals surface area contributed by atoms with Crippen LogP contribution in [0, 0.1) is 0 Å². The fourth-order valence-electron chi connectivity index (χ4n) is 0. The number of hydrogen-bond donors (Lipinski definition) is 1. The molecule has 0 heterocycles. The van der Waals surface area contributed by atoms with Crippen molar-refractivity contribution < 1.29 is 15.3 Å².